The van der Waals surface area contributed by atoms with Crippen molar-refractivity contribution in [3.8, 4) is 0 Å². The normalized spacial score (nSPS) is 16.8. The fourth-order valence-corrected chi connectivity index (χ4v) is 3.40. The number of esters is 1. The van der Waals surface area contributed by atoms with E-state index in [1.807, 2.05) is 13.0 Å². The summed E-state index contributed by atoms with van der Waals surface area (Å²) in [5.41, 5.74) is 0.866. The first-order chi connectivity index (χ1) is 11.9. The highest BCUT2D eigenvalue weighted by atomic mass is 35.5. The second kappa shape index (κ2) is 8.92. The van der Waals surface area contributed by atoms with Gasteiger partial charge in [0.1, 0.15) is 6.54 Å². The minimum Gasteiger partial charge on any atom is -0.463 e. The molecule has 1 aliphatic heterocycles. The predicted molar refractivity (Wildman–Crippen MR) is 96.9 cm³/mol. The Balaban J connectivity index is 2.00. The van der Waals surface area contributed by atoms with Gasteiger partial charge in [-0.1, -0.05) is 35.5 Å². The van der Waals surface area contributed by atoms with Gasteiger partial charge in [-0.25, -0.2) is 4.79 Å². The van der Waals surface area contributed by atoms with Crippen LogP contribution in [0, 0.1) is 0 Å². The molecule has 1 aliphatic rings. The standard InChI is InChI=1S/C17H19ClN2O4S/c1-3-24-17(23)8-16-20(15(22)10-25-16)9-14(21)19-11(2)12-5-4-6-13(18)7-12/h4-8,11H,3,9-10H2,1-2H3,(H,19,21)/b16-8-. The Kier molecular flexibility index (Phi) is 6.90. The number of nitrogens with one attached hydrogen (secondary N) is 1. The van der Waals surface area contributed by atoms with E-state index >= 15 is 0 Å². The number of halogens is 1. The van der Waals surface area contributed by atoms with E-state index in [9.17, 15) is 14.4 Å². The molecule has 0 aliphatic carbocycles. The average Bonchev–Trinajstić information content (AvgIpc) is 2.88. The maximum atomic E-state index is 12.3. The van der Waals surface area contributed by atoms with Crippen LogP contribution in [0.2, 0.25) is 5.02 Å². The summed E-state index contributed by atoms with van der Waals surface area (Å²) in [6.07, 6.45) is 1.24. The van der Waals surface area contributed by atoms with Gasteiger partial charge in [0, 0.05) is 5.02 Å². The third-order valence-corrected chi connectivity index (χ3v) is 4.73. The number of hydrogen-bond acceptors (Lipinski definition) is 5. The lowest BCUT2D eigenvalue weighted by Gasteiger charge is -2.19. The molecule has 134 valence electrons. The second-order valence-corrected chi connectivity index (χ2v) is 6.78. The number of rotatable bonds is 6. The van der Waals surface area contributed by atoms with Gasteiger partial charge in [0.25, 0.3) is 0 Å². The van der Waals surface area contributed by atoms with Crippen molar-refractivity contribution in [2.75, 3.05) is 18.9 Å². The number of amides is 2. The Morgan fingerprint density at radius 3 is 2.92 bits per heavy atom. The average molecular weight is 383 g/mol. The fraction of sp³-hybridized carbons (Fsp3) is 0.353. The quantitative estimate of drug-likeness (QED) is 0.604. The maximum absolute atomic E-state index is 12.3. The molecule has 0 aromatic heterocycles. The monoisotopic (exact) mass is 382 g/mol. The topological polar surface area (TPSA) is 75.7 Å². The van der Waals surface area contributed by atoms with Gasteiger partial charge < -0.3 is 10.1 Å². The predicted octanol–water partition coefficient (Wildman–Crippen LogP) is 2.50. The molecule has 1 fully saturated rings. The summed E-state index contributed by atoms with van der Waals surface area (Å²) >= 11 is 7.17. The lowest BCUT2D eigenvalue weighted by molar-refractivity contribution is -0.137. The lowest BCUT2D eigenvalue weighted by atomic mass is 10.1. The molecule has 1 N–H and O–H groups in total. The number of thioether (sulfide) groups is 1. The van der Waals surface area contributed by atoms with E-state index in [2.05, 4.69) is 5.32 Å². The first kappa shape index (κ1) is 19.3. The smallest absolute Gasteiger partial charge is 0.333 e. The van der Waals surface area contributed by atoms with Crippen LogP contribution in [0.1, 0.15) is 25.5 Å². The van der Waals surface area contributed by atoms with Crippen molar-refractivity contribution in [2.45, 2.75) is 19.9 Å². The van der Waals surface area contributed by atoms with Gasteiger partial charge in [-0.05, 0) is 31.5 Å². The molecule has 1 aromatic rings. The van der Waals surface area contributed by atoms with Crippen LogP contribution in [0.3, 0.4) is 0 Å². The minimum atomic E-state index is -0.530. The number of ether oxygens (including phenoxy) is 1. The van der Waals surface area contributed by atoms with Crippen LogP contribution in [-0.2, 0) is 19.1 Å². The summed E-state index contributed by atoms with van der Waals surface area (Å²) in [5, 5.41) is 3.84. The van der Waals surface area contributed by atoms with Gasteiger partial charge in [0.05, 0.1) is 29.5 Å². The van der Waals surface area contributed by atoms with E-state index in [0.717, 1.165) is 5.56 Å². The fourth-order valence-electron chi connectivity index (χ4n) is 2.27. The summed E-state index contributed by atoms with van der Waals surface area (Å²) in [7, 11) is 0. The van der Waals surface area contributed by atoms with Crippen LogP contribution < -0.4 is 5.32 Å². The van der Waals surface area contributed by atoms with Crippen molar-refractivity contribution in [3.63, 3.8) is 0 Å². The van der Waals surface area contributed by atoms with Crippen LogP contribution in [0.4, 0.5) is 0 Å². The molecular weight excluding hydrogens is 364 g/mol. The molecular formula is C17H19ClN2O4S. The first-order valence-corrected chi connectivity index (χ1v) is 9.13. The highest BCUT2D eigenvalue weighted by molar-refractivity contribution is 8.04. The molecule has 2 amide bonds. The van der Waals surface area contributed by atoms with Gasteiger partial charge in [0.15, 0.2) is 0 Å². The van der Waals surface area contributed by atoms with Gasteiger partial charge >= 0.3 is 5.97 Å². The van der Waals surface area contributed by atoms with E-state index < -0.39 is 5.97 Å². The van der Waals surface area contributed by atoms with Crippen LogP contribution in [0.5, 0.6) is 0 Å². The number of carbonyl (C=O) groups excluding carboxylic acids is 3. The maximum Gasteiger partial charge on any atom is 0.333 e. The van der Waals surface area contributed by atoms with E-state index in [0.29, 0.717) is 10.1 Å². The third-order valence-electron chi connectivity index (χ3n) is 3.47. The van der Waals surface area contributed by atoms with Crippen molar-refractivity contribution < 1.29 is 19.1 Å². The van der Waals surface area contributed by atoms with Crippen LogP contribution >= 0.6 is 23.4 Å². The molecule has 1 unspecified atom stereocenters. The summed E-state index contributed by atoms with van der Waals surface area (Å²) < 4.78 is 4.85. The SMILES string of the molecule is CCOC(=O)/C=C1\SCC(=O)N1CC(=O)NC(C)c1cccc(Cl)c1. The van der Waals surface area contributed by atoms with Crippen molar-refractivity contribution in [2.24, 2.45) is 0 Å². The van der Waals surface area contributed by atoms with E-state index in [-0.39, 0.29) is 36.8 Å². The lowest BCUT2D eigenvalue weighted by Crippen LogP contribution is -2.38. The third kappa shape index (κ3) is 5.51. The van der Waals surface area contributed by atoms with Gasteiger partial charge in [-0.3, -0.25) is 14.5 Å². The van der Waals surface area contributed by atoms with Crippen molar-refractivity contribution >= 4 is 41.1 Å². The zero-order valence-corrected chi connectivity index (χ0v) is 15.5. The molecule has 0 saturated carbocycles. The Bertz CT molecular complexity index is 708. The first-order valence-electron chi connectivity index (χ1n) is 7.77. The number of benzene rings is 1. The molecule has 1 saturated heterocycles. The zero-order valence-electron chi connectivity index (χ0n) is 14.0. The molecule has 0 bridgehead atoms. The minimum absolute atomic E-state index is 0.151. The van der Waals surface area contributed by atoms with Crippen molar-refractivity contribution in [1.29, 1.82) is 0 Å². The molecule has 0 spiro atoms. The van der Waals surface area contributed by atoms with Crippen LogP contribution in [0.15, 0.2) is 35.4 Å². The van der Waals surface area contributed by atoms with Crippen molar-refractivity contribution in [3.05, 3.63) is 46.0 Å². The van der Waals surface area contributed by atoms with E-state index in [4.69, 9.17) is 16.3 Å². The highest BCUT2D eigenvalue weighted by Gasteiger charge is 2.29. The summed E-state index contributed by atoms with van der Waals surface area (Å²) in [6.45, 7) is 3.63. The Hall–Kier alpha value is -1.99. The number of nitrogens with zero attached hydrogens (tertiary/aromatic N) is 1. The number of carbonyl (C=O) groups is 3. The largest absolute Gasteiger partial charge is 0.463 e. The molecule has 8 heteroatoms. The second-order valence-electron chi connectivity index (χ2n) is 5.35. The van der Waals surface area contributed by atoms with Gasteiger partial charge in [-0.2, -0.15) is 0 Å². The summed E-state index contributed by atoms with van der Waals surface area (Å²) in [6, 6.07) is 6.94. The molecule has 6 nitrogen and oxygen atoms in total. The summed E-state index contributed by atoms with van der Waals surface area (Å²) in [5.74, 6) is -0.871. The highest BCUT2D eigenvalue weighted by Crippen LogP contribution is 2.28. The van der Waals surface area contributed by atoms with Gasteiger partial charge in [0.2, 0.25) is 11.8 Å². The zero-order chi connectivity index (χ0) is 18.4. The molecule has 0 radical (unpaired) electrons. The molecule has 1 aromatic carbocycles. The number of hydrogen-bond donors (Lipinski definition) is 1. The Morgan fingerprint density at radius 1 is 1.48 bits per heavy atom. The molecule has 1 heterocycles. The van der Waals surface area contributed by atoms with Crippen LogP contribution in [-0.4, -0.2) is 41.6 Å². The molecule has 1 atom stereocenters. The molecule has 25 heavy (non-hydrogen) atoms. The van der Waals surface area contributed by atoms with E-state index in [1.165, 1.54) is 22.7 Å². The summed E-state index contributed by atoms with van der Waals surface area (Å²) in [4.78, 5) is 37.1. The van der Waals surface area contributed by atoms with Crippen molar-refractivity contribution in [1.82, 2.24) is 10.2 Å². The van der Waals surface area contributed by atoms with E-state index in [1.54, 1.807) is 25.1 Å². The van der Waals surface area contributed by atoms with Crippen LogP contribution in [0.25, 0.3) is 0 Å². The molecule has 2 rings (SSSR count). The Labute approximate surface area is 155 Å². The van der Waals surface area contributed by atoms with Gasteiger partial charge in [-0.15, -0.1) is 0 Å². The Morgan fingerprint density at radius 2 is 2.24 bits per heavy atom.